The van der Waals surface area contributed by atoms with Gasteiger partial charge in [0.25, 0.3) is 11.8 Å². The number of urea groups is 1. The molecule has 2 aliphatic rings. The highest BCUT2D eigenvalue weighted by molar-refractivity contribution is 14.1. The van der Waals surface area contributed by atoms with Gasteiger partial charge in [-0.3, -0.25) is 14.9 Å². The van der Waals surface area contributed by atoms with E-state index in [0.717, 1.165) is 16.7 Å². The molecule has 0 spiro atoms. The molecular formula is C24H19IN4O6S. The van der Waals surface area contributed by atoms with E-state index in [4.69, 9.17) is 8.21 Å². The minimum Gasteiger partial charge on any atom is -0.428 e. The van der Waals surface area contributed by atoms with Crippen LogP contribution < -0.4 is 18.8 Å². The quantitative estimate of drug-likeness (QED) is 0.286. The zero-order valence-electron chi connectivity index (χ0n) is 18.5. The molecule has 1 atom stereocenters. The molecule has 1 fully saturated rings. The molecule has 12 heteroatoms. The fourth-order valence-corrected chi connectivity index (χ4v) is 5.27. The monoisotopic (exact) mass is 618 g/mol. The number of nitrogens with zero attached hydrogens (tertiary/aromatic N) is 1. The molecule has 0 aliphatic carbocycles. The van der Waals surface area contributed by atoms with Gasteiger partial charge in [-0.05, 0) is 46.5 Å². The number of primary sulfonamides is 1. The van der Waals surface area contributed by atoms with Gasteiger partial charge in [0, 0.05) is 12.1 Å². The topological polar surface area (TPSA) is 148 Å². The molecule has 3 aromatic carbocycles. The van der Waals surface area contributed by atoms with Crippen molar-refractivity contribution in [2.45, 2.75) is 17.0 Å². The Balaban J connectivity index is 1.45. The van der Waals surface area contributed by atoms with Crippen molar-refractivity contribution in [1.29, 1.82) is 0 Å². The molecule has 0 aromatic heterocycles. The second-order valence-electron chi connectivity index (χ2n) is 8.52. The van der Waals surface area contributed by atoms with Crippen LogP contribution in [-0.4, -0.2) is 37.7 Å². The number of halogens is 1. The van der Waals surface area contributed by atoms with E-state index in [1.807, 2.05) is 0 Å². The molecule has 0 saturated carbocycles. The highest BCUT2D eigenvalue weighted by Crippen LogP contribution is 2.33. The molecule has 184 valence electrons. The van der Waals surface area contributed by atoms with Gasteiger partial charge in [-0.25, -0.2) is 18.4 Å². The number of nitrogens with two attached hydrogens (primary N) is 1. The minimum atomic E-state index is -3.80. The average molecular weight is 618 g/mol. The largest absolute Gasteiger partial charge is 0.428 e. The number of hydrogen-bond acceptors (Lipinski definition) is 6. The van der Waals surface area contributed by atoms with Gasteiger partial charge in [-0.15, -0.1) is 0 Å². The standard InChI is InChI=1S/C24H19IN4O6S/c25-35-18-8-3-16-12-29(21(30)20(16)11-18)13-24(22(31)27-23(32)28-24)17-6-1-14(2-7-17)15-4-9-19(10-5-15)36(26,33)34/h1-11H,12-13H2,(H2,26,33,34)(H2,27,28,31,32)/t24-/m0/s1. The summed E-state index contributed by atoms with van der Waals surface area (Å²) in [5, 5.41) is 10.2. The first-order valence-electron chi connectivity index (χ1n) is 10.7. The first kappa shape index (κ1) is 24.2. The molecule has 36 heavy (non-hydrogen) atoms. The van der Waals surface area contributed by atoms with Crippen LogP contribution in [0.1, 0.15) is 21.5 Å². The van der Waals surface area contributed by atoms with Crippen LogP contribution in [-0.2, 0) is 26.9 Å². The molecule has 3 aromatic rings. The second kappa shape index (κ2) is 8.87. The van der Waals surface area contributed by atoms with E-state index in [-0.39, 0.29) is 23.9 Å². The van der Waals surface area contributed by atoms with E-state index in [9.17, 15) is 22.8 Å². The SMILES string of the molecule is NS(=O)(=O)c1ccc(-c2ccc([C@]3(CN4Cc5ccc(OI)cc5C4=O)NC(=O)NC3=O)cc2)cc1. The second-order valence-corrected chi connectivity index (χ2v) is 10.5. The number of imide groups is 1. The third-order valence-electron chi connectivity index (χ3n) is 6.31. The fourth-order valence-electron chi connectivity index (χ4n) is 4.48. The number of rotatable bonds is 6. The van der Waals surface area contributed by atoms with Crippen LogP contribution in [0.2, 0.25) is 0 Å². The van der Waals surface area contributed by atoms with Crippen LogP contribution in [0.15, 0.2) is 71.6 Å². The van der Waals surface area contributed by atoms with Crippen LogP contribution in [0.3, 0.4) is 0 Å². The predicted octanol–water partition coefficient (Wildman–Crippen LogP) is 2.42. The lowest BCUT2D eigenvalue weighted by Crippen LogP contribution is -2.52. The lowest BCUT2D eigenvalue weighted by Gasteiger charge is -2.31. The maximum absolute atomic E-state index is 13.1. The fraction of sp³-hybridized carbons (Fsp3) is 0.125. The van der Waals surface area contributed by atoms with Crippen molar-refractivity contribution in [3.8, 4) is 16.9 Å². The normalized spacial score (nSPS) is 19.2. The Hall–Kier alpha value is -3.49. The van der Waals surface area contributed by atoms with E-state index >= 15 is 0 Å². The Bertz CT molecular complexity index is 1510. The lowest BCUT2D eigenvalue weighted by atomic mass is 9.88. The Morgan fingerprint density at radius 1 is 0.972 bits per heavy atom. The number of carbonyl (C=O) groups is 3. The van der Waals surface area contributed by atoms with Gasteiger partial charge < -0.3 is 13.3 Å². The Morgan fingerprint density at radius 2 is 1.61 bits per heavy atom. The molecule has 0 radical (unpaired) electrons. The number of fused-ring (bicyclic) bond motifs is 1. The summed E-state index contributed by atoms with van der Waals surface area (Å²) in [6.45, 7) is 0.218. The number of nitrogens with one attached hydrogen (secondary N) is 2. The van der Waals surface area contributed by atoms with E-state index in [0.29, 0.717) is 16.9 Å². The number of benzene rings is 3. The van der Waals surface area contributed by atoms with Crippen molar-refractivity contribution in [1.82, 2.24) is 15.5 Å². The van der Waals surface area contributed by atoms with Crippen molar-refractivity contribution in [2.24, 2.45) is 5.14 Å². The Kier molecular flexibility index (Phi) is 5.97. The van der Waals surface area contributed by atoms with Crippen LogP contribution in [0.4, 0.5) is 4.79 Å². The Labute approximate surface area is 220 Å². The van der Waals surface area contributed by atoms with E-state index in [1.54, 1.807) is 77.6 Å². The van der Waals surface area contributed by atoms with E-state index < -0.39 is 27.5 Å². The molecule has 4 N–H and O–H groups in total. The van der Waals surface area contributed by atoms with Crippen molar-refractivity contribution >= 4 is 50.9 Å². The smallest absolute Gasteiger partial charge is 0.322 e. The molecule has 4 amide bonds. The van der Waals surface area contributed by atoms with E-state index in [2.05, 4.69) is 10.6 Å². The molecule has 5 rings (SSSR count). The molecule has 0 bridgehead atoms. The summed E-state index contributed by atoms with van der Waals surface area (Å²) in [6, 6.07) is 17.6. The zero-order valence-corrected chi connectivity index (χ0v) is 21.5. The zero-order chi connectivity index (χ0) is 25.7. The molecule has 0 unspecified atom stereocenters. The van der Waals surface area contributed by atoms with Gasteiger partial charge in [0.15, 0.2) is 28.5 Å². The summed E-state index contributed by atoms with van der Waals surface area (Å²) in [4.78, 5) is 39.9. The minimum absolute atomic E-state index is 0.000565. The highest BCUT2D eigenvalue weighted by atomic mass is 127. The van der Waals surface area contributed by atoms with Crippen LogP contribution >= 0.6 is 23.0 Å². The summed E-state index contributed by atoms with van der Waals surface area (Å²) >= 11 is 1.74. The number of sulfonamides is 1. The average Bonchev–Trinajstić information content (AvgIpc) is 3.33. The van der Waals surface area contributed by atoms with Gasteiger partial charge in [-0.2, -0.15) is 0 Å². The molecule has 2 heterocycles. The van der Waals surface area contributed by atoms with Gasteiger partial charge in [-0.1, -0.05) is 42.5 Å². The first-order chi connectivity index (χ1) is 17.1. The van der Waals surface area contributed by atoms with Gasteiger partial charge in [0.1, 0.15) is 5.75 Å². The third kappa shape index (κ3) is 4.20. The predicted molar refractivity (Wildman–Crippen MR) is 137 cm³/mol. The van der Waals surface area contributed by atoms with Crippen molar-refractivity contribution in [3.63, 3.8) is 0 Å². The van der Waals surface area contributed by atoms with Crippen molar-refractivity contribution in [3.05, 3.63) is 83.4 Å². The summed E-state index contributed by atoms with van der Waals surface area (Å²) < 4.78 is 28.2. The summed E-state index contributed by atoms with van der Waals surface area (Å²) in [7, 11) is -3.80. The third-order valence-corrected chi connectivity index (χ3v) is 7.75. The van der Waals surface area contributed by atoms with Gasteiger partial charge in [0.05, 0.1) is 11.4 Å². The highest BCUT2D eigenvalue weighted by Gasteiger charge is 2.50. The molecule has 1 saturated heterocycles. The first-order valence-corrected chi connectivity index (χ1v) is 13.1. The summed E-state index contributed by atoms with van der Waals surface area (Å²) in [5.41, 5.74) is 1.80. The van der Waals surface area contributed by atoms with Crippen LogP contribution in [0, 0.1) is 0 Å². The maximum Gasteiger partial charge on any atom is 0.322 e. The van der Waals surface area contributed by atoms with Crippen molar-refractivity contribution in [2.75, 3.05) is 6.54 Å². The maximum atomic E-state index is 13.1. The number of amides is 4. The van der Waals surface area contributed by atoms with E-state index in [1.165, 1.54) is 17.0 Å². The van der Waals surface area contributed by atoms with Gasteiger partial charge in [0.2, 0.25) is 10.0 Å². The summed E-state index contributed by atoms with van der Waals surface area (Å²) in [5.74, 6) is -0.281. The van der Waals surface area contributed by atoms with Crippen LogP contribution in [0.25, 0.3) is 11.1 Å². The molecular weight excluding hydrogens is 599 g/mol. The Morgan fingerprint density at radius 3 is 2.17 bits per heavy atom. The molecule has 2 aliphatic heterocycles. The summed E-state index contributed by atoms with van der Waals surface area (Å²) in [6.07, 6.45) is 0. The lowest BCUT2D eigenvalue weighted by molar-refractivity contribution is -0.124. The van der Waals surface area contributed by atoms with Crippen LogP contribution in [0.5, 0.6) is 5.75 Å². The number of carbonyl (C=O) groups excluding carboxylic acids is 3. The van der Waals surface area contributed by atoms with Crippen molar-refractivity contribution < 1.29 is 25.9 Å². The number of hydrogen-bond donors (Lipinski definition) is 3. The van der Waals surface area contributed by atoms with Gasteiger partial charge >= 0.3 is 6.03 Å². The molecule has 10 nitrogen and oxygen atoms in total.